The smallest absolute Gasteiger partial charge is 0.264 e. The van der Waals surface area contributed by atoms with E-state index >= 15 is 0 Å². The van der Waals surface area contributed by atoms with Crippen LogP contribution in [0.2, 0.25) is 15.1 Å². The van der Waals surface area contributed by atoms with E-state index in [-0.39, 0.29) is 23.0 Å². The number of carbonyl (C=O) groups excluding carboxylic acids is 2. The molecular formula is C28H30Cl3N3O4S. The number of nitrogens with zero attached hydrogens (tertiary/aromatic N) is 2. The first-order valence-corrected chi connectivity index (χ1v) is 14.6. The van der Waals surface area contributed by atoms with Gasteiger partial charge in [-0.2, -0.15) is 0 Å². The third-order valence-electron chi connectivity index (χ3n) is 5.71. The lowest BCUT2D eigenvalue weighted by molar-refractivity contribution is -0.140. The third kappa shape index (κ3) is 8.35. The van der Waals surface area contributed by atoms with Gasteiger partial charge in [-0.25, -0.2) is 8.42 Å². The second-order valence-electron chi connectivity index (χ2n) is 10.0. The zero-order valence-electron chi connectivity index (χ0n) is 22.0. The van der Waals surface area contributed by atoms with E-state index in [9.17, 15) is 18.0 Å². The molecule has 11 heteroatoms. The Kier molecular flexibility index (Phi) is 9.93. The molecule has 0 aliphatic rings. The Bertz CT molecular complexity index is 1420. The number of hydrogen-bond donors (Lipinski definition) is 1. The number of nitrogens with one attached hydrogen (secondary N) is 1. The van der Waals surface area contributed by atoms with Crippen LogP contribution in [0, 0.1) is 0 Å². The summed E-state index contributed by atoms with van der Waals surface area (Å²) in [5, 5.41) is 4.08. The Morgan fingerprint density at radius 2 is 1.44 bits per heavy atom. The minimum Gasteiger partial charge on any atom is -0.350 e. The molecule has 0 saturated carbocycles. The van der Waals surface area contributed by atoms with Gasteiger partial charge in [0.15, 0.2) is 0 Å². The summed E-state index contributed by atoms with van der Waals surface area (Å²) in [5.74, 6) is -0.960. The molecule has 1 N–H and O–H groups in total. The number of carbonyl (C=O) groups is 2. The van der Waals surface area contributed by atoms with Crippen LogP contribution in [0.4, 0.5) is 5.69 Å². The van der Waals surface area contributed by atoms with Crippen molar-refractivity contribution in [3.05, 3.63) is 93.4 Å². The van der Waals surface area contributed by atoms with E-state index in [2.05, 4.69) is 5.32 Å². The normalized spacial score (nSPS) is 12.5. The molecule has 0 aliphatic heterocycles. The van der Waals surface area contributed by atoms with Crippen LogP contribution in [0.1, 0.15) is 33.3 Å². The Morgan fingerprint density at radius 1 is 0.872 bits per heavy atom. The summed E-state index contributed by atoms with van der Waals surface area (Å²) < 4.78 is 28.5. The Morgan fingerprint density at radius 3 is 1.97 bits per heavy atom. The van der Waals surface area contributed by atoms with Gasteiger partial charge in [-0.3, -0.25) is 13.9 Å². The van der Waals surface area contributed by atoms with E-state index in [1.165, 1.54) is 35.2 Å². The molecular weight excluding hydrogens is 581 g/mol. The third-order valence-corrected chi connectivity index (χ3v) is 8.24. The molecule has 0 unspecified atom stereocenters. The van der Waals surface area contributed by atoms with Crippen molar-refractivity contribution in [3.63, 3.8) is 0 Å². The number of hydrogen-bond acceptors (Lipinski definition) is 4. The molecule has 0 heterocycles. The molecule has 7 nitrogen and oxygen atoms in total. The van der Waals surface area contributed by atoms with Crippen molar-refractivity contribution in [2.45, 2.75) is 50.7 Å². The largest absolute Gasteiger partial charge is 0.350 e. The average Bonchev–Trinajstić information content (AvgIpc) is 2.85. The van der Waals surface area contributed by atoms with Crippen LogP contribution < -0.4 is 9.62 Å². The van der Waals surface area contributed by atoms with Crippen LogP contribution in [-0.4, -0.2) is 43.3 Å². The van der Waals surface area contributed by atoms with Crippen molar-refractivity contribution < 1.29 is 18.0 Å². The Hall–Kier alpha value is -2.78. The molecule has 0 aliphatic carbocycles. The highest BCUT2D eigenvalue weighted by atomic mass is 35.5. The Labute approximate surface area is 244 Å². The van der Waals surface area contributed by atoms with Gasteiger partial charge in [0.05, 0.1) is 10.6 Å². The van der Waals surface area contributed by atoms with E-state index in [4.69, 9.17) is 34.8 Å². The molecule has 2 amide bonds. The van der Waals surface area contributed by atoms with Crippen LogP contribution >= 0.6 is 34.8 Å². The molecule has 3 aromatic rings. The quantitative estimate of drug-likeness (QED) is 0.314. The number of anilines is 1. The van der Waals surface area contributed by atoms with Crippen molar-refractivity contribution in [1.82, 2.24) is 10.2 Å². The van der Waals surface area contributed by atoms with Gasteiger partial charge in [0, 0.05) is 27.2 Å². The van der Waals surface area contributed by atoms with E-state index in [0.29, 0.717) is 15.1 Å². The molecule has 3 aromatic carbocycles. The van der Waals surface area contributed by atoms with Gasteiger partial charge >= 0.3 is 0 Å². The Balaban J connectivity index is 2.03. The molecule has 0 saturated heterocycles. The van der Waals surface area contributed by atoms with Crippen molar-refractivity contribution in [1.29, 1.82) is 0 Å². The minimum atomic E-state index is -4.22. The maximum Gasteiger partial charge on any atom is 0.264 e. The van der Waals surface area contributed by atoms with Gasteiger partial charge in [0.1, 0.15) is 12.6 Å². The highest BCUT2D eigenvalue weighted by Gasteiger charge is 2.33. The molecule has 0 aromatic heterocycles. The van der Waals surface area contributed by atoms with Crippen LogP contribution in [0.15, 0.2) is 77.7 Å². The summed E-state index contributed by atoms with van der Waals surface area (Å²) in [6.07, 6.45) is 0. The maximum absolute atomic E-state index is 13.9. The van der Waals surface area contributed by atoms with Crippen LogP contribution in [0.3, 0.4) is 0 Å². The topological polar surface area (TPSA) is 86.8 Å². The highest BCUT2D eigenvalue weighted by Crippen LogP contribution is 2.27. The maximum atomic E-state index is 13.9. The number of benzene rings is 3. The van der Waals surface area contributed by atoms with Crippen LogP contribution in [0.25, 0.3) is 0 Å². The first-order valence-electron chi connectivity index (χ1n) is 12.1. The van der Waals surface area contributed by atoms with E-state index in [1.54, 1.807) is 49.4 Å². The zero-order valence-corrected chi connectivity index (χ0v) is 25.1. The van der Waals surface area contributed by atoms with E-state index < -0.39 is 34.1 Å². The lowest BCUT2D eigenvalue weighted by Gasteiger charge is -2.33. The predicted molar refractivity (Wildman–Crippen MR) is 157 cm³/mol. The van der Waals surface area contributed by atoms with Gasteiger partial charge in [-0.05, 0) is 87.9 Å². The monoisotopic (exact) mass is 609 g/mol. The number of halogens is 3. The first-order chi connectivity index (χ1) is 18.2. The summed E-state index contributed by atoms with van der Waals surface area (Å²) in [6, 6.07) is 17.8. The number of sulfonamides is 1. The summed E-state index contributed by atoms with van der Waals surface area (Å²) in [7, 11) is -4.22. The number of rotatable bonds is 9. The lowest BCUT2D eigenvalue weighted by Crippen LogP contribution is -2.54. The van der Waals surface area contributed by atoms with Gasteiger partial charge in [0.25, 0.3) is 10.0 Å². The summed E-state index contributed by atoms with van der Waals surface area (Å²) in [5.41, 5.74) is 0.382. The van der Waals surface area contributed by atoms with Crippen LogP contribution in [-0.2, 0) is 26.2 Å². The van der Waals surface area contributed by atoms with Gasteiger partial charge in [0.2, 0.25) is 11.8 Å². The molecule has 1 atom stereocenters. The standard InChI is InChI=1S/C28H30Cl3N3O4S/c1-19(27(36)32-28(2,3)4)33(17-20-8-10-21(29)11-9-20)26(35)18-34(24-7-5-6-23(31)16-24)39(37,38)25-14-12-22(30)13-15-25/h5-16,19H,17-18H2,1-4H3,(H,32,36)/t19-/m1/s1. The summed E-state index contributed by atoms with van der Waals surface area (Å²) in [6.45, 7) is 6.59. The fraction of sp³-hybridized carbons (Fsp3) is 0.286. The second kappa shape index (κ2) is 12.6. The van der Waals surface area contributed by atoms with Crippen molar-refractivity contribution in [2.24, 2.45) is 0 Å². The van der Waals surface area contributed by atoms with E-state index in [1.807, 2.05) is 20.8 Å². The van der Waals surface area contributed by atoms with Crippen molar-refractivity contribution in [3.8, 4) is 0 Å². The zero-order chi connectivity index (χ0) is 29.0. The highest BCUT2D eigenvalue weighted by molar-refractivity contribution is 7.92. The van der Waals surface area contributed by atoms with Crippen LogP contribution in [0.5, 0.6) is 0 Å². The van der Waals surface area contributed by atoms with E-state index in [0.717, 1.165) is 9.87 Å². The van der Waals surface area contributed by atoms with Gasteiger partial charge in [-0.15, -0.1) is 0 Å². The van der Waals surface area contributed by atoms with Gasteiger partial charge in [-0.1, -0.05) is 53.0 Å². The molecule has 3 rings (SSSR count). The first kappa shape index (κ1) is 30.8. The van der Waals surface area contributed by atoms with Crippen molar-refractivity contribution >= 4 is 62.3 Å². The minimum absolute atomic E-state index is 0.0533. The second-order valence-corrected chi connectivity index (χ2v) is 13.2. The molecule has 39 heavy (non-hydrogen) atoms. The van der Waals surface area contributed by atoms with Crippen molar-refractivity contribution in [2.75, 3.05) is 10.8 Å². The summed E-state index contributed by atoms with van der Waals surface area (Å²) in [4.78, 5) is 28.3. The number of amides is 2. The SMILES string of the molecule is C[C@H](C(=O)NC(C)(C)C)N(Cc1ccc(Cl)cc1)C(=O)CN(c1cccc(Cl)c1)S(=O)(=O)c1ccc(Cl)cc1. The van der Waals surface area contributed by atoms with Gasteiger partial charge < -0.3 is 10.2 Å². The average molecular weight is 611 g/mol. The molecule has 0 radical (unpaired) electrons. The predicted octanol–water partition coefficient (Wildman–Crippen LogP) is 6.17. The lowest BCUT2D eigenvalue weighted by atomic mass is 10.1. The fourth-order valence-electron chi connectivity index (χ4n) is 3.74. The fourth-order valence-corrected chi connectivity index (χ4v) is 5.58. The molecule has 0 fully saturated rings. The molecule has 0 spiro atoms. The molecule has 208 valence electrons. The molecule has 0 bridgehead atoms. The summed E-state index contributed by atoms with van der Waals surface area (Å²) >= 11 is 18.2.